The summed E-state index contributed by atoms with van der Waals surface area (Å²) in [4.78, 5) is 4.21. The smallest absolute Gasteiger partial charge is 0.231 e. The molecule has 0 amide bonds. The molecule has 2 aromatic carbocycles. The second-order valence-corrected chi connectivity index (χ2v) is 5.53. The maximum Gasteiger partial charge on any atom is 0.231 e. The van der Waals surface area contributed by atoms with Gasteiger partial charge in [0.25, 0.3) is 0 Å². The molecule has 138 valence electrons. The van der Waals surface area contributed by atoms with Crippen molar-refractivity contribution in [2.24, 2.45) is 4.99 Å². The number of hydrogen-bond donors (Lipinski definition) is 2. The zero-order chi connectivity index (χ0) is 18.2. The Hall–Kier alpha value is -3.09. The zero-order valence-corrected chi connectivity index (χ0v) is 15.0. The van der Waals surface area contributed by atoms with Crippen molar-refractivity contribution in [1.29, 1.82) is 0 Å². The predicted octanol–water partition coefficient (Wildman–Crippen LogP) is 2.17. The highest BCUT2D eigenvalue weighted by Crippen LogP contribution is 2.34. The van der Waals surface area contributed by atoms with Gasteiger partial charge in [-0.05, 0) is 18.2 Å². The highest BCUT2D eigenvalue weighted by atomic mass is 16.7. The van der Waals surface area contributed by atoms with Crippen molar-refractivity contribution in [3.05, 3.63) is 48.0 Å². The highest BCUT2D eigenvalue weighted by Gasteiger charge is 2.13. The van der Waals surface area contributed by atoms with Gasteiger partial charge >= 0.3 is 0 Å². The van der Waals surface area contributed by atoms with Gasteiger partial charge in [0.2, 0.25) is 6.79 Å². The third kappa shape index (κ3) is 4.50. The summed E-state index contributed by atoms with van der Waals surface area (Å²) in [5.41, 5.74) is 1.06. The molecular weight excluding hydrogens is 334 g/mol. The Balaban J connectivity index is 1.41. The van der Waals surface area contributed by atoms with E-state index in [1.165, 1.54) is 0 Å². The number of methoxy groups -OCH3 is 1. The van der Waals surface area contributed by atoms with Gasteiger partial charge in [-0.1, -0.05) is 18.2 Å². The molecule has 0 unspecified atom stereocenters. The number of nitrogens with zero attached hydrogens (tertiary/aromatic N) is 1. The first-order valence-corrected chi connectivity index (χ1v) is 8.39. The SMILES string of the molecule is CN=C(NCCOc1ccc2c(c1)OCO2)NCc1ccccc1OC. The monoisotopic (exact) mass is 357 g/mol. The topological polar surface area (TPSA) is 73.3 Å². The third-order valence-electron chi connectivity index (χ3n) is 3.87. The molecule has 26 heavy (non-hydrogen) atoms. The van der Waals surface area contributed by atoms with Crippen LogP contribution in [0.4, 0.5) is 0 Å². The second kappa shape index (κ2) is 8.84. The van der Waals surface area contributed by atoms with Crippen molar-refractivity contribution in [3.63, 3.8) is 0 Å². The minimum absolute atomic E-state index is 0.258. The second-order valence-electron chi connectivity index (χ2n) is 5.53. The van der Waals surface area contributed by atoms with Crippen molar-refractivity contribution < 1.29 is 18.9 Å². The Kier molecular flexibility index (Phi) is 6.03. The lowest BCUT2D eigenvalue weighted by Gasteiger charge is -2.14. The van der Waals surface area contributed by atoms with Crippen LogP contribution in [0.5, 0.6) is 23.0 Å². The van der Waals surface area contributed by atoms with Crippen molar-refractivity contribution in [2.75, 3.05) is 34.1 Å². The van der Waals surface area contributed by atoms with Crippen molar-refractivity contribution in [2.45, 2.75) is 6.54 Å². The van der Waals surface area contributed by atoms with E-state index in [0.717, 1.165) is 22.8 Å². The molecule has 0 bridgehead atoms. The summed E-state index contributed by atoms with van der Waals surface area (Å²) >= 11 is 0. The van der Waals surface area contributed by atoms with Gasteiger partial charge in [0.05, 0.1) is 13.7 Å². The van der Waals surface area contributed by atoms with E-state index < -0.39 is 0 Å². The Labute approximate surface area is 152 Å². The molecule has 1 aliphatic rings. The molecule has 0 fully saturated rings. The Morgan fingerprint density at radius 2 is 1.96 bits per heavy atom. The molecule has 0 spiro atoms. The van der Waals surface area contributed by atoms with E-state index in [9.17, 15) is 0 Å². The van der Waals surface area contributed by atoms with E-state index in [2.05, 4.69) is 15.6 Å². The highest BCUT2D eigenvalue weighted by molar-refractivity contribution is 5.79. The minimum Gasteiger partial charge on any atom is -0.496 e. The van der Waals surface area contributed by atoms with E-state index in [-0.39, 0.29) is 6.79 Å². The first-order chi connectivity index (χ1) is 12.8. The lowest BCUT2D eigenvalue weighted by atomic mass is 10.2. The Bertz CT molecular complexity index is 764. The van der Waals surface area contributed by atoms with Crippen LogP contribution in [0.25, 0.3) is 0 Å². The fourth-order valence-electron chi connectivity index (χ4n) is 2.55. The van der Waals surface area contributed by atoms with Crippen LogP contribution in [0.15, 0.2) is 47.5 Å². The summed E-state index contributed by atoms with van der Waals surface area (Å²) in [6, 6.07) is 13.4. The molecule has 1 heterocycles. The molecule has 1 aliphatic heterocycles. The molecule has 7 nitrogen and oxygen atoms in total. The van der Waals surface area contributed by atoms with Crippen LogP contribution in [0.3, 0.4) is 0 Å². The number of nitrogens with one attached hydrogen (secondary N) is 2. The van der Waals surface area contributed by atoms with E-state index in [1.54, 1.807) is 14.2 Å². The summed E-state index contributed by atoms with van der Waals surface area (Å²) in [6.45, 7) is 1.98. The number of aliphatic imine (C=N–C) groups is 1. The van der Waals surface area contributed by atoms with Crippen molar-refractivity contribution in [1.82, 2.24) is 10.6 Å². The quantitative estimate of drug-likeness (QED) is 0.449. The number of para-hydroxylation sites is 1. The summed E-state index contributed by atoms with van der Waals surface area (Å²) in [5, 5.41) is 6.48. The normalized spacial score (nSPS) is 12.6. The van der Waals surface area contributed by atoms with Crippen LogP contribution >= 0.6 is 0 Å². The van der Waals surface area contributed by atoms with Crippen molar-refractivity contribution >= 4 is 5.96 Å². The maximum atomic E-state index is 5.72. The molecule has 2 N–H and O–H groups in total. The standard InChI is InChI=1S/C19H23N3O4/c1-20-19(22-12-14-5-3-4-6-16(14)23-2)21-9-10-24-15-7-8-17-18(11-15)26-13-25-17/h3-8,11H,9-10,12-13H2,1-2H3,(H2,20,21,22). The number of benzene rings is 2. The Morgan fingerprint density at radius 3 is 2.81 bits per heavy atom. The molecule has 0 radical (unpaired) electrons. The average Bonchev–Trinajstić information content (AvgIpc) is 3.15. The fourth-order valence-corrected chi connectivity index (χ4v) is 2.55. The average molecular weight is 357 g/mol. The lowest BCUT2D eigenvalue weighted by molar-refractivity contribution is 0.173. The number of hydrogen-bond acceptors (Lipinski definition) is 5. The number of ether oxygens (including phenoxy) is 4. The summed E-state index contributed by atoms with van der Waals surface area (Å²) < 4.78 is 21.7. The molecular formula is C19H23N3O4. The molecule has 0 atom stereocenters. The largest absolute Gasteiger partial charge is 0.496 e. The Morgan fingerprint density at radius 1 is 1.12 bits per heavy atom. The van der Waals surface area contributed by atoms with Gasteiger partial charge in [-0.3, -0.25) is 4.99 Å². The van der Waals surface area contributed by atoms with Gasteiger partial charge in [0.15, 0.2) is 17.5 Å². The zero-order valence-electron chi connectivity index (χ0n) is 15.0. The lowest BCUT2D eigenvalue weighted by Crippen LogP contribution is -2.38. The van der Waals surface area contributed by atoms with E-state index in [0.29, 0.717) is 31.4 Å². The van der Waals surface area contributed by atoms with E-state index in [4.69, 9.17) is 18.9 Å². The fraction of sp³-hybridized carbons (Fsp3) is 0.316. The van der Waals surface area contributed by atoms with Crippen LogP contribution in [0, 0.1) is 0 Å². The predicted molar refractivity (Wildman–Crippen MR) is 99.3 cm³/mol. The first-order valence-electron chi connectivity index (χ1n) is 8.39. The minimum atomic E-state index is 0.258. The molecule has 7 heteroatoms. The maximum absolute atomic E-state index is 5.72. The summed E-state index contributed by atoms with van der Waals surface area (Å²) in [5.74, 6) is 3.75. The number of guanidine groups is 1. The number of rotatable bonds is 7. The van der Waals surface area contributed by atoms with Crippen molar-refractivity contribution in [3.8, 4) is 23.0 Å². The molecule has 0 aliphatic carbocycles. The molecule has 0 aromatic heterocycles. The molecule has 2 aromatic rings. The van der Waals surface area contributed by atoms with Crippen LogP contribution in [0.2, 0.25) is 0 Å². The van der Waals surface area contributed by atoms with Crippen LogP contribution in [-0.2, 0) is 6.54 Å². The van der Waals surface area contributed by atoms with Gasteiger partial charge in [0.1, 0.15) is 18.1 Å². The van der Waals surface area contributed by atoms with E-state index >= 15 is 0 Å². The van der Waals surface area contributed by atoms with Gasteiger partial charge < -0.3 is 29.6 Å². The summed E-state index contributed by atoms with van der Waals surface area (Å²) in [7, 11) is 3.40. The molecule has 0 saturated carbocycles. The first kappa shape index (κ1) is 17.7. The number of fused-ring (bicyclic) bond motifs is 1. The van der Waals surface area contributed by atoms with Crippen LogP contribution < -0.4 is 29.6 Å². The molecule has 3 rings (SSSR count). The molecule has 0 saturated heterocycles. The summed E-state index contributed by atoms with van der Waals surface area (Å²) in [6.07, 6.45) is 0. The van der Waals surface area contributed by atoms with Crippen LogP contribution in [-0.4, -0.2) is 40.1 Å². The van der Waals surface area contributed by atoms with Gasteiger partial charge in [-0.25, -0.2) is 0 Å². The van der Waals surface area contributed by atoms with Gasteiger partial charge in [0, 0.05) is 25.2 Å². The van der Waals surface area contributed by atoms with Gasteiger partial charge in [-0.2, -0.15) is 0 Å². The van der Waals surface area contributed by atoms with E-state index in [1.807, 2.05) is 42.5 Å². The third-order valence-corrected chi connectivity index (χ3v) is 3.87. The van der Waals surface area contributed by atoms with Crippen LogP contribution in [0.1, 0.15) is 5.56 Å². The van der Waals surface area contributed by atoms with Gasteiger partial charge in [-0.15, -0.1) is 0 Å².